The minimum Gasteiger partial charge on any atom is -0.457 e. The maximum Gasteiger partial charge on any atom is 0.290 e. The van der Waals surface area contributed by atoms with Gasteiger partial charge < -0.3 is 14.1 Å². The maximum absolute atomic E-state index is 13.7. The number of hydrogen-bond donors (Lipinski definition) is 0. The Hall–Kier alpha value is -3.57. The van der Waals surface area contributed by atoms with Gasteiger partial charge in [0.2, 0.25) is 5.76 Å². The first-order valence-electron chi connectivity index (χ1n) is 11.4. The van der Waals surface area contributed by atoms with E-state index in [1.54, 1.807) is 17.0 Å². The summed E-state index contributed by atoms with van der Waals surface area (Å²) < 4.78 is 12.1. The van der Waals surface area contributed by atoms with Crippen molar-refractivity contribution in [2.45, 2.75) is 32.7 Å². The van der Waals surface area contributed by atoms with Crippen LogP contribution in [-0.2, 0) is 0 Å². The van der Waals surface area contributed by atoms with Crippen LogP contribution in [-0.4, -0.2) is 17.4 Å². The second-order valence-electron chi connectivity index (χ2n) is 8.51. The van der Waals surface area contributed by atoms with Crippen molar-refractivity contribution in [2.24, 2.45) is 0 Å². The van der Waals surface area contributed by atoms with Gasteiger partial charge in [-0.05, 0) is 60.9 Å². The number of amides is 1. The number of carbonyl (C=O) groups excluding carboxylic acids is 1. The summed E-state index contributed by atoms with van der Waals surface area (Å²) in [6.07, 6.45) is 1.73. The molecule has 2 heterocycles. The van der Waals surface area contributed by atoms with Crippen LogP contribution in [0.1, 0.15) is 53.1 Å². The zero-order valence-electron chi connectivity index (χ0n) is 19.0. The Morgan fingerprint density at radius 2 is 1.76 bits per heavy atom. The summed E-state index contributed by atoms with van der Waals surface area (Å²) in [6.45, 7) is 4.43. The molecule has 0 aliphatic carbocycles. The van der Waals surface area contributed by atoms with Gasteiger partial charge in [-0.25, -0.2) is 0 Å². The minimum atomic E-state index is -0.561. The molecule has 5 rings (SSSR count). The van der Waals surface area contributed by atoms with Gasteiger partial charge in [-0.1, -0.05) is 55.3 Å². The van der Waals surface area contributed by atoms with Crippen molar-refractivity contribution < 1.29 is 13.9 Å². The highest BCUT2D eigenvalue weighted by Gasteiger charge is 2.42. The number of ether oxygens (including phenoxy) is 1. The van der Waals surface area contributed by atoms with Gasteiger partial charge in [0, 0.05) is 11.6 Å². The SMILES string of the molecule is CCCCN1C(=O)c2oc3cc(C)c(Cl)cc3c(=O)c2[C@H]1c1cccc(Oc2ccccc2)c1. The summed E-state index contributed by atoms with van der Waals surface area (Å²) in [5.74, 6) is 1.17. The van der Waals surface area contributed by atoms with Gasteiger partial charge in [0.1, 0.15) is 17.1 Å². The molecule has 0 N–H and O–H groups in total. The number of carbonyl (C=O) groups is 1. The van der Waals surface area contributed by atoms with Crippen LogP contribution in [0.4, 0.5) is 0 Å². The predicted octanol–water partition coefficient (Wildman–Crippen LogP) is 6.89. The van der Waals surface area contributed by atoms with E-state index in [0.29, 0.717) is 39.6 Å². The van der Waals surface area contributed by atoms with Crippen LogP contribution >= 0.6 is 11.6 Å². The van der Waals surface area contributed by atoms with Gasteiger partial charge >= 0.3 is 0 Å². The second-order valence-corrected chi connectivity index (χ2v) is 8.92. The molecule has 5 nitrogen and oxygen atoms in total. The van der Waals surface area contributed by atoms with Gasteiger partial charge in [-0.3, -0.25) is 9.59 Å². The lowest BCUT2D eigenvalue weighted by Crippen LogP contribution is -2.30. The number of aryl methyl sites for hydroxylation is 1. The molecule has 0 saturated carbocycles. The van der Waals surface area contributed by atoms with E-state index in [4.69, 9.17) is 20.8 Å². The molecule has 0 spiro atoms. The Morgan fingerprint density at radius 1 is 1.00 bits per heavy atom. The van der Waals surface area contributed by atoms with E-state index in [1.807, 2.05) is 61.5 Å². The molecule has 0 fully saturated rings. The molecule has 1 atom stereocenters. The van der Waals surface area contributed by atoms with Crippen LogP contribution in [0.15, 0.2) is 75.9 Å². The molecule has 1 aliphatic heterocycles. The molecular weight excluding hydrogens is 450 g/mol. The molecule has 6 heteroatoms. The molecule has 172 valence electrons. The lowest BCUT2D eigenvalue weighted by molar-refractivity contribution is 0.0725. The van der Waals surface area contributed by atoms with E-state index in [1.165, 1.54) is 0 Å². The van der Waals surface area contributed by atoms with Crippen LogP contribution in [0.25, 0.3) is 11.0 Å². The zero-order chi connectivity index (χ0) is 23.8. The number of benzene rings is 3. The predicted molar refractivity (Wildman–Crippen MR) is 133 cm³/mol. The van der Waals surface area contributed by atoms with Crippen LogP contribution in [0.3, 0.4) is 0 Å². The van der Waals surface area contributed by atoms with Gasteiger partial charge in [0.25, 0.3) is 5.91 Å². The Bertz CT molecular complexity index is 1440. The third-order valence-corrected chi connectivity index (χ3v) is 6.56. The Labute approximate surface area is 202 Å². The topological polar surface area (TPSA) is 59.8 Å². The number of nitrogens with zero attached hydrogens (tertiary/aromatic N) is 1. The molecule has 1 amide bonds. The fraction of sp³-hybridized carbons (Fsp3) is 0.214. The first kappa shape index (κ1) is 22.2. The average molecular weight is 474 g/mol. The third-order valence-electron chi connectivity index (χ3n) is 6.15. The van der Waals surface area contributed by atoms with Crippen molar-refractivity contribution in [1.82, 2.24) is 4.90 Å². The van der Waals surface area contributed by atoms with Crippen LogP contribution in [0, 0.1) is 6.92 Å². The van der Waals surface area contributed by atoms with Crippen molar-refractivity contribution in [3.05, 3.63) is 104 Å². The van der Waals surface area contributed by atoms with E-state index in [0.717, 1.165) is 24.0 Å². The number of unbranched alkanes of at least 4 members (excludes halogenated alkanes) is 1. The van der Waals surface area contributed by atoms with Gasteiger partial charge in [-0.2, -0.15) is 0 Å². The van der Waals surface area contributed by atoms with E-state index in [9.17, 15) is 9.59 Å². The monoisotopic (exact) mass is 473 g/mol. The lowest BCUT2D eigenvalue weighted by atomic mass is 9.98. The largest absolute Gasteiger partial charge is 0.457 e. The molecule has 4 aromatic rings. The average Bonchev–Trinajstić information content (AvgIpc) is 3.11. The summed E-state index contributed by atoms with van der Waals surface area (Å²) in [7, 11) is 0. The van der Waals surface area contributed by atoms with Crippen LogP contribution in [0.5, 0.6) is 11.5 Å². The number of para-hydroxylation sites is 1. The highest BCUT2D eigenvalue weighted by Crippen LogP contribution is 2.40. The van der Waals surface area contributed by atoms with Gasteiger partial charge in [0.05, 0.1) is 17.0 Å². The highest BCUT2D eigenvalue weighted by molar-refractivity contribution is 6.32. The van der Waals surface area contributed by atoms with Gasteiger partial charge in [-0.15, -0.1) is 0 Å². The minimum absolute atomic E-state index is 0.106. The summed E-state index contributed by atoms with van der Waals surface area (Å²) in [4.78, 5) is 28.9. The molecule has 0 bridgehead atoms. The van der Waals surface area contributed by atoms with Crippen molar-refractivity contribution in [2.75, 3.05) is 6.54 Å². The normalized spacial score (nSPS) is 15.1. The van der Waals surface area contributed by atoms with Gasteiger partial charge in [0.15, 0.2) is 5.43 Å². The quantitative estimate of drug-likeness (QED) is 0.306. The highest BCUT2D eigenvalue weighted by atomic mass is 35.5. The number of hydrogen-bond acceptors (Lipinski definition) is 4. The Balaban J connectivity index is 1.66. The fourth-order valence-corrected chi connectivity index (χ4v) is 4.58. The summed E-state index contributed by atoms with van der Waals surface area (Å²) >= 11 is 6.31. The summed E-state index contributed by atoms with van der Waals surface area (Å²) in [5.41, 5.74) is 2.07. The standard InChI is InChI=1S/C28H24ClNO4/c1-3-4-13-30-25(18-9-8-12-20(15-18)33-19-10-6-5-7-11-19)24-26(31)21-16-22(29)17(2)14-23(21)34-27(24)28(30)32/h5-12,14-16,25H,3-4,13H2,1-2H3/t25-/m1/s1. The van der Waals surface area contributed by atoms with Crippen LogP contribution < -0.4 is 10.2 Å². The second kappa shape index (κ2) is 8.99. The molecule has 1 aliphatic rings. The number of halogens is 1. The van der Waals surface area contributed by atoms with E-state index >= 15 is 0 Å². The maximum atomic E-state index is 13.7. The number of rotatable bonds is 6. The summed E-state index contributed by atoms with van der Waals surface area (Å²) in [5, 5.41) is 0.864. The van der Waals surface area contributed by atoms with Crippen molar-refractivity contribution in [3.8, 4) is 11.5 Å². The molecular formula is C28H24ClNO4. The van der Waals surface area contributed by atoms with Crippen LogP contribution in [0.2, 0.25) is 5.02 Å². The fourth-order valence-electron chi connectivity index (χ4n) is 4.42. The van der Waals surface area contributed by atoms with Crippen molar-refractivity contribution in [1.29, 1.82) is 0 Å². The molecule has 0 radical (unpaired) electrons. The molecule has 3 aromatic carbocycles. The van der Waals surface area contributed by atoms with E-state index in [2.05, 4.69) is 6.92 Å². The Kier molecular flexibility index (Phi) is 5.88. The molecule has 1 aromatic heterocycles. The summed E-state index contributed by atoms with van der Waals surface area (Å²) in [6, 6.07) is 19.8. The lowest BCUT2D eigenvalue weighted by Gasteiger charge is -2.25. The van der Waals surface area contributed by atoms with E-state index < -0.39 is 6.04 Å². The smallest absolute Gasteiger partial charge is 0.290 e. The first-order chi connectivity index (χ1) is 16.5. The first-order valence-corrected chi connectivity index (χ1v) is 11.8. The zero-order valence-corrected chi connectivity index (χ0v) is 19.8. The van der Waals surface area contributed by atoms with E-state index in [-0.39, 0.29) is 17.1 Å². The molecule has 34 heavy (non-hydrogen) atoms. The van der Waals surface area contributed by atoms with Crippen molar-refractivity contribution in [3.63, 3.8) is 0 Å². The van der Waals surface area contributed by atoms with Crippen molar-refractivity contribution >= 4 is 28.5 Å². The molecule has 0 unspecified atom stereocenters. The number of fused-ring (bicyclic) bond motifs is 2. The third kappa shape index (κ3) is 3.86. The molecule has 0 saturated heterocycles. The Morgan fingerprint density at radius 3 is 2.53 bits per heavy atom.